The van der Waals surface area contributed by atoms with E-state index < -0.39 is 13.1 Å². The first kappa shape index (κ1) is 21.3. The van der Waals surface area contributed by atoms with Gasteiger partial charge in [0, 0.05) is 6.08 Å². The predicted octanol–water partition coefficient (Wildman–Crippen LogP) is 3.83. The van der Waals surface area contributed by atoms with Gasteiger partial charge in [0.15, 0.2) is 0 Å². The van der Waals surface area contributed by atoms with Crippen molar-refractivity contribution in [3.05, 3.63) is 107 Å². The van der Waals surface area contributed by atoms with Crippen LogP contribution in [0, 0.1) is 0 Å². The molecule has 3 aromatic carbocycles. The number of aliphatic carboxylic acids is 1. The van der Waals surface area contributed by atoms with E-state index in [0.29, 0.717) is 5.46 Å². The first-order valence-corrected chi connectivity index (χ1v) is 9.76. The van der Waals surface area contributed by atoms with Crippen LogP contribution in [0.1, 0.15) is 35.6 Å². The SMILES string of the molecule is CCC(=C(c1ccc(C=CC(=O)O)cc1)c1ccc(B(O)O)cc1)c1ccccc1. The summed E-state index contributed by atoms with van der Waals surface area (Å²) in [6.07, 6.45) is 3.49. The van der Waals surface area contributed by atoms with Gasteiger partial charge in [0.1, 0.15) is 0 Å². The van der Waals surface area contributed by atoms with Crippen molar-refractivity contribution < 1.29 is 19.9 Å². The molecule has 0 heterocycles. The van der Waals surface area contributed by atoms with Gasteiger partial charge in [-0.1, -0.05) is 85.8 Å². The Morgan fingerprint density at radius 1 is 0.833 bits per heavy atom. The van der Waals surface area contributed by atoms with Crippen molar-refractivity contribution in [2.24, 2.45) is 0 Å². The van der Waals surface area contributed by atoms with Crippen LogP contribution in [0.25, 0.3) is 17.2 Å². The molecule has 0 aliphatic heterocycles. The summed E-state index contributed by atoms with van der Waals surface area (Å²) in [6.45, 7) is 2.11. The average Bonchev–Trinajstić information content (AvgIpc) is 2.77. The minimum absolute atomic E-state index is 0.435. The fraction of sp³-hybridized carbons (Fsp3) is 0.0800. The van der Waals surface area contributed by atoms with Gasteiger partial charge >= 0.3 is 13.1 Å². The van der Waals surface area contributed by atoms with Gasteiger partial charge in [0.05, 0.1) is 0 Å². The van der Waals surface area contributed by atoms with Gasteiger partial charge < -0.3 is 15.2 Å². The second kappa shape index (κ2) is 9.88. The van der Waals surface area contributed by atoms with E-state index in [2.05, 4.69) is 19.1 Å². The fourth-order valence-electron chi connectivity index (χ4n) is 3.43. The zero-order valence-corrected chi connectivity index (χ0v) is 16.7. The molecule has 3 aromatic rings. The van der Waals surface area contributed by atoms with Gasteiger partial charge in [-0.2, -0.15) is 0 Å². The number of hydrogen-bond acceptors (Lipinski definition) is 3. The highest BCUT2D eigenvalue weighted by atomic mass is 16.4. The highest BCUT2D eigenvalue weighted by Gasteiger charge is 2.15. The standard InChI is InChI=1S/C25H23BO4/c1-2-23(19-6-4-3-5-7-19)25(21-13-15-22(16-14-21)26(29)30)20-11-8-18(9-12-20)10-17-24(27)28/h3-17,29-30H,2H2,1H3,(H,27,28). The second-order valence-electron chi connectivity index (χ2n) is 6.86. The van der Waals surface area contributed by atoms with E-state index in [1.807, 2.05) is 54.6 Å². The summed E-state index contributed by atoms with van der Waals surface area (Å²) in [7, 11) is -1.51. The molecular weight excluding hydrogens is 375 g/mol. The Morgan fingerprint density at radius 3 is 1.90 bits per heavy atom. The zero-order valence-electron chi connectivity index (χ0n) is 16.7. The second-order valence-corrected chi connectivity index (χ2v) is 6.86. The first-order valence-electron chi connectivity index (χ1n) is 9.76. The lowest BCUT2D eigenvalue weighted by Gasteiger charge is -2.17. The van der Waals surface area contributed by atoms with Gasteiger partial charge in [-0.15, -0.1) is 0 Å². The van der Waals surface area contributed by atoms with Crippen LogP contribution in [0.3, 0.4) is 0 Å². The maximum Gasteiger partial charge on any atom is 0.488 e. The van der Waals surface area contributed by atoms with Crippen LogP contribution in [0.5, 0.6) is 0 Å². The van der Waals surface area contributed by atoms with Crippen molar-refractivity contribution in [1.29, 1.82) is 0 Å². The minimum atomic E-state index is -1.51. The molecule has 0 fully saturated rings. The van der Waals surface area contributed by atoms with Crippen LogP contribution in [0.15, 0.2) is 84.9 Å². The Balaban J connectivity index is 2.14. The molecule has 0 saturated heterocycles. The molecule has 0 aromatic heterocycles. The van der Waals surface area contributed by atoms with Crippen molar-refractivity contribution in [1.82, 2.24) is 0 Å². The molecule has 0 bridgehead atoms. The van der Waals surface area contributed by atoms with Gasteiger partial charge in [0.2, 0.25) is 0 Å². The van der Waals surface area contributed by atoms with Crippen LogP contribution in [-0.2, 0) is 4.79 Å². The number of allylic oxidation sites excluding steroid dienone is 1. The van der Waals surface area contributed by atoms with Crippen molar-refractivity contribution in [2.75, 3.05) is 0 Å². The summed E-state index contributed by atoms with van der Waals surface area (Å²) < 4.78 is 0. The van der Waals surface area contributed by atoms with Gasteiger partial charge in [0.25, 0.3) is 0 Å². The third-order valence-corrected chi connectivity index (χ3v) is 4.89. The van der Waals surface area contributed by atoms with Crippen LogP contribution < -0.4 is 5.46 Å². The Bertz CT molecular complexity index is 1050. The normalized spacial score (nSPS) is 12.0. The quantitative estimate of drug-likeness (QED) is 0.321. The maximum atomic E-state index is 10.8. The number of carboxylic acids is 1. The summed E-state index contributed by atoms with van der Waals surface area (Å²) in [5.74, 6) is -0.983. The maximum absolute atomic E-state index is 10.8. The van der Waals surface area contributed by atoms with Crippen LogP contribution >= 0.6 is 0 Å². The van der Waals surface area contributed by atoms with Crippen LogP contribution in [0.2, 0.25) is 0 Å². The minimum Gasteiger partial charge on any atom is -0.478 e. The number of rotatable bonds is 7. The van der Waals surface area contributed by atoms with Gasteiger partial charge in [-0.05, 0) is 51.4 Å². The Kier molecular flexibility index (Phi) is 7.01. The lowest BCUT2D eigenvalue weighted by molar-refractivity contribution is -0.131. The summed E-state index contributed by atoms with van der Waals surface area (Å²) >= 11 is 0. The molecule has 150 valence electrons. The topological polar surface area (TPSA) is 77.8 Å². The van der Waals surface area contributed by atoms with Gasteiger partial charge in [-0.3, -0.25) is 0 Å². The third kappa shape index (κ3) is 5.14. The highest BCUT2D eigenvalue weighted by Crippen LogP contribution is 2.34. The number of benzene rings is 3. The lowest BCUT2D eigenvalue weighted by Crippen LogP contribution is -2.29. The molecule has 3 rings (SSSR count). The van der Waals surface area contributed by atoms with E-state index >= 15 is 0 Å². The molecule has 30 heavy (non-hydrogen) atoms. The average molecular weight is 398 g/mol. The fourth-order valence-corrected chi connectivity index (χ4v) is 3.43. The molecule has 0 amide bonds. The molecule has 0 spiro atoms. The summed E-state index contributed by atoms with van der Waals surface area (Å²) in [6, 6.07) is 25.1. The zero-order chi connectivity index (χ0) is 21.5. The van der Waals surface area contributed by atoms with E-state index in [-0.39, 0.29) is 0 Å². The van der Waals surface area contributed by atoms with Crippen LogP contribution in [0.4, 0.5) is 0 Å². The summed E-state index contributed by atoms with van der Waals surface area (Å²) in [4.78, 5) is 10.8. The number of carbonyl (C=O) groups is 1. The number of carboxylic acid groups (broad SMARTS) is 1. The van der Waals surface area contributed by atoms with Crippen molar-refractivity contribution in [3.8, 4) is 0 Å². The predicted molar refractivity (Wildman–Crippen MR) is 122 cm³/mol. The molecule has 4 nitrogen and oxygen atoms in total. The molecule has 0 aliphatic rings. The summed E-state index contributed by atoms with van der Waals surface area (Å²) in [5.41, 5.74) is 6.55. The van der Waals surface area contributed by atoms with Crippen molar-refractivity contribution in [3.63, 3.8) is 0 Å². The van der Waals surface area contributed by atoms with Crippen molar-refractivity contribution >= 4 is 35.8 Å². The lowest BCUT2D eigenvalue weighted by atomic mass is 9.79. The molecule has 5 heteroatoms. The Morgan fingerprint density at radius 2 is 1.40 bits per heavy atom. The van der Waals surface area contributed by atoms with Crippen molar-refractivity contribution in [2.45, 2.75) is 13.3 Å². The van der Waals surface area contributed by atoms with E-state index in [9.17, 15) is 14.8 Å². The molecule has 3 N–H and O–H groups in total. The van der Waals surface area contributed by atoms with E-state index in [0.717, 1.165) is 40.3 Å². The Hall–Kier alpha value is -3.41. The van der Waals surface area contributed by atoms with E-state index in [4.69, 9.17) is 5.11 Å². The molecule has 0 radical (unpaired) electrons. The summed E-state index contributed by atoms with van der Waals surface area (Å²) in [5, 5.41) is 27.7. The monoisotopic (exact) mass is 398 g/mol. The molecule has 0 saturated carbocycles. The third-order valence-electron chi connectivity index (χ3n) is 4.89. The molecule has 0 unspecified atom stereocenters. The van der Waals surface area contributed by atoms with E-state index in [1.165, 1.54) is 5.57 Å². The smallest absolute Gasteiger partial charge is 0.478 e. The van der Waals surface area contributed by atoms with E-state index in [1.54, 1.807) is 18.2 Å². The van der Waals surface area contributed by atoms with Gasteiger partial charge in [-0.25, -0.2) is 4.79 Å². The number of hydrogen-bond donors (Lipinski definition) is 3. The largest absolute Gasteiger partial charge is 0.488 e. The highest BCUT2D eigenvalue weighted by molar-refractivity contribution is 6.58. The molecule has 0 atom stereocenters. The van der Waals surface area contributed by atoms with Crippen LogP contribution in [-0.4, -0.2) is 28.2 Å². The first-order chi connectivity index (χ1) is 14.5. The molecule has 0 aliphatic carbocycles. The Labute approximate surface area is 176 Å². The molecular formula is C25H23BO4.